The molecule has 0 atom stereocenters. The molecule has 0 aromatic heterocycles. The van der Waals surface area contributed by atoms with Crippen LogP contribution in [0.15, 0.2) is 60.7 Å². The molecule has 2 rings (SSSR count). The van der Waals surface area contributed by atoms with Crippen LogP contribution in [-0.2, 0) is 0 Å². The van der Waals surface area contributed by atoms with Crippen molar-refractivity contribution in [2.24, 2.45) is 0 Å². The summed E-state index contributed by atoms with van der Waals surface area (Å²) in [5.41, 5.74) is 0. The second-order valence-electron chi connectivity index (χ2n) is 3.04. The van der Waals surface area contributed by atoms with Crippen molar-refractivity contribution in [3.63, 3.8) is 0 Å². The van der Waals surface area contributed by atoms with Crippen molar-refractivity contribution >= 4 is 13.3 Å². The van der Waals surface area contributed by atoms with Gasteiger partial charge in [0.2, 0.25) is 0 Å². The minimum absolute atomic E-state index is 0.00412. The summed E-state index contributed by atoms with van der Waals surface area (Å²) in [7, 11) is 0. The van der Waals surface area contributed by atoms with Crippen molar-refractivity contribution in [3.05, 3.63) is 60.7 Å². The average molecular weight is 326 g/mol. The van der Waals surface area contributed by atoms with E-state index in [4.69, 9.17) is 0 Å². The van der Waals surface area contributed by atoms with Gasteiger partial charge < -0.3 is 0 Å². The van der Waals surface area contributed by atoms with Crippen LogP contribution in [0.25, 0.3) is 0 Å². The molecule has 2 heteroatoms. The fraction of sp³-hybridized carbons (Fsp3) is 0. The molecule has 0 bridgehead atoms. The molecular weight excluding hydrogens is 316 g/mol. The van der Waals surface area contributed by atoms with Crippen molar-refractivity contribution in [3.8, 4) is 0 Å². The van der Waals surface area contributed by atoms with Gasteiger partial charge in [0.1, 0.15) is 0 Å². The first-order valence-electron chi connectivity index (χ1n) is 4.53. The summed E-state index contributed by atoms with van der Waals surface area (Å²) in [6.45, 7) is 0. The molecule has 0 aliphatic carbocycles. The molecule has 0 saturated carbocycles. The van der Waals surface area contributed by atoms with Crippen LogP contribution >= 0.6 is 2.74 Å². The number of rotatable bonds is 2. The number of hydrogen-bond donors (Lipinski definition) is 0. The predicted molar refractivity (Wildman–Crippen MR) is 59.1 cm³/mol. The van der Waals surface area contributed by atoms with Crippen LogP contribution in [0.4, 0.5) is 0 Å². The molecule has 0 heterocycles. The Morgan fingerprint density at radius 3 is 1.36 bits per heavy atom. The summed E-state index contributed by atoms with van der Waals surface area (Å²) in [6, 6.07) is 21.7. The Morgan fingerprint density at radius 1 is 0.643 bits per heavy atom. The molecule has 0 fully saturated rings. The van der Waals surface area contributed by atoms with Crippen LogP contribution in [0.3, 0.4) is 0 Å². The van der Waals surface area contributed by atoms with Gasteiger partial charge >= 0.3 is 112 Å². The Morgan fingerprint density at radius 2 is 1.00 bits per heavy atom. The van der Waals surface area contributed by atoms with E-state index in [1.165, 1.54) is 10.6 Å². The molecule has 0 unspecified atom stereocenters. The van der Waals surface area contributed by atoms with Crippen molar-refractivity contribution < 1.29 is 38.4 Å². The van der Waals surface area contributed by atoms with Crippen LogP contribution in [0, 0.1) is 38.4 Å². The Bertz CT molecular complexity index is 346. The zero-order chi connectivity index (χ0) is 9.80. The monoisotopic (exact) mass is 326 g/mol. The Kier molecular flexibility index (Phi) is 4.11. The summed E-state index contributed by atoms with van der Waals surface area (Å²) in [4.78, 5) is 0. The van der Waals surface area contributed by atoms with Crippen molar-refractivity contribution in [1.82, 2.24) is 0 Å². The van der Waals surface area contributed by atoms with E-state index in [0.29, 0.717) is 0 Å². The minimum atomic E-state index is -0.00412. The first-order chi connectivity index (χ1) is 6.88. The second-order valence-corrected chi connectivity index (χ2v) is 9.78. The van der Waals surface area contributed by atoms with Crippen molar-refractivity contribution in [1.29, 1.82) is 0 Å². The molecule has 0 aliphatic heterocycles. The van der Waals surface area contributed by atoms with Crippen LogP contribution < -0.4 is 10.6 Å². The first-order valence-corrected chi connectivity index (χ1v) is 10.9. The zero-order valence-corrected chi connectivity index (χ0v) is 12.4. The van der Waals surface area contributed by atoms with Gasteiger partial charge in [0.15, 0.2) is 0 Å². The Hall–Kier alpha value is 0.234. The van der Waals surface area contributed by atoms with Gasteiger partial charge in [-0.2, -0.15) is 0 Å². The molecule has 14 heavy (non-hydrogen) atoms. The van der Waals surface area contributed by atoms with Crippen LogP contribution in [-0.4, -0.2) is 0 Å². The van der Waals surface area contributed by atoms with E-state index in [0.717, 1.165) is 38.4 Å². The van der Waals surface area contributed by atoms with Crippen LogP contribution in [0.5, 0.6) is 0 Å². The fourth-order valence-corrected chi connectivity index (χ4v) is 5.92. The molecule has 0 amide bonds. The normalized spacial score (nSPS) is 10.3. The van der Waals surface area contributed by atoms with E-state index in [1.54, 1.807) is 0 Å². The van der Waals surface area contributed by atoms with E-state index in [9.17, 15) is 0 Å². The Balaban J connectivity index is 2.30. The van der Waals surface area contributed by atoms with E-state index < -0.39 is 0 Å². The summed E-state index contributed by atoms with van der Waals surface area (Å²) < 4.78 is -0.00412. The quantitative estimate of drug-likeness (QED) is 0.744. The summed E-state index contributed by atoms with van der Waals surface area (Å²) in [5.74, 6) is 0. The predicted octanol–water partition coefficient (Wildman–Crippen LogP) is 2.58. The first kappa shape index (κ1) is 10.7. The average Bonchev–Trinajstić information content (AvgIpc) is 2.30. The van der Waals surface area contributed by atoms with E-state index in [2.05, 4.69) is 60.7 Å². The standard InChI is InChI=1S/C12H10P.Pr/c1-3-7-11(8-4-1)13-12-9-5-2-6-10-12;/h1-10H;/q-1;+1. The van der Waals surface area contributed by atoms with Crippen LogP contribution in [0.1, 0.15) is 0 Å². The van der Waals surface area contributed by atoms with Gasteiger partial charge in [0.25, 0.3) is 0 Å². The third kappa shape index (κ3) is 2.63. The molecule has 0 aliphatic rings. The van der Waals surface area contributed by atoms with Crippen LogP contribution in [0.2, 0.25) is 0 Å². The van der Waals surface area contributed by atoms with E-state index in [1.807, 2.05) is 0 Å². The second kappa shape index (κ2) is 5.35. The van der Waals surface area contributed by atoms with Gasteiger partial charge in [-0.05, 0) is 0 Å². The Labute approximate surface area is 111 Å². The molecule has 0 nitrogen and oxygen atoms in total. The number of hydrogen-bond acceptors (Lipinski definition) is 0. The third-order valence-electron chi connectivity index (χ3n) is 2.07. The van der Waals surface area contributed by atoms with Gasteiger partial charge in [-0.1, -0.05) is 0 Å². The van der Waals surface area contributed by atoms with Crippen molar-refractivity contribution in [2.75, 3.05) is 0 Å². The molecule has 0 N–H and O–H groups in total. The SMILES string of the molecule is [Pr][P](c1ccccc1)c1ccccc1. The summed E-state index contributed by atoms with van der Waals surface area (Å²) >= 11 is 1.01. The van der Waals surface area contributed by atoms with Gasteiger partial charge in [0.05, 0.1) is 0 Å². The van der Waals surface area contributed by atoms with Gasteiger partial charge in [-0.3, -0.25) is 0 Å². The van der Waals surface area contributed by atoms with E-state index >= 15 is 0 Å². The topological polar surface area (TPSA) is 0 Å². The van der Waals surface area contributed by atoms with Gasteiger partial charge in [-0.25, -0.2) is 0 Å². The molecular formula is C12H10PPr. The number of benzene rings is 2. The third-order valence-corrected chi connectivity index (χ3v) is 9.52. The van der Waals surface area contributed by atoms with Crippen molar-refractivity contribution in [2.45, 2.75) is 0 Å². The molecule has 0 radical (unpaired) electrons. The molecule has 0 saturated heterocycles. The maximum atomic E-state index is 2.25. The van der Waals surface area contributed by atoms with Gasteiger partial charge in [0, 0.05) is 0 Å². The summed E-state index contributed by atoms with van der Waals surface area (Å²) in [6.07, 6.45) is 0. The molecule has 66 valence electrons. The maximum absolute atomic E-state index is 2.25. The molecule has 2 aromatic rings. The fourth-order valence-electron chi connectivity index (χ4n) is 1.33. The van der Waals surface area contributed by atoms with Gasteiger partial charge in [-0.15, -0.1) is 0 Å². The zero-order valence-electron chi connectivity index (χ0n) is 7.80. The van der Waals surface area contributed by atoms with E-state index in [-0.39, 0.29) is 2.74 Å². The molecule has 0 spiro atoms. The molecule has 2 aromatic carbocycles. The summed E-state index contributed by atoms with van der Waals surface area (Å²) in [5, 5.41) is 3.03.